The maximum Gasteiger partial charge on any atom is 0.335 e. The molecular weight excluding hydrogens is 270 g/mol. The van der Waals surface area contributed by atoms with E-state index in [1.54, 1.807) is 32.9 Å². The standard InChI is InChI=1S/C16H23NO4/c1-9(2)8-17-15(18)12(5)21-14-10(3)6-13(16(19)20)7-11(14)4/h6-7,9,12H,8H2,1-5H3,(H,17,18)(H,19,20). The van der Waals surface area contributed by atoms with Crippen LogP contribution < -0.4 is 10.1 Å². The normalized spacial score (nSPS) is 12.1. The molecule has 1 atom stereocenters. The maximum atomic E-state index is 11.9. The summed E-state index contributed by atoms with van der Waals surface area (Å²) in [6, 6.07) is 3.09. The van der Waals surface area contributed by atoms with Crippen molar-refractivity contribution in [3.8, 4) is 5.75 Å². The van der Waals surface area contributed by atoms with Crippen LogP contribution in [0.15, 0.2) is 12.1 Å². The SMILES string of the molecule is Cc1cc(C(=O)O)cc(C)c1OC(C)C(=O)NCC(C)C. The second-order valence-corrected chi connectivity index (χ2v) is 5.64. The predicted octanol–water partition coefficient (Wildman–Crippen LogP) is 2.54. The van der Waals surface area contributed by atoms with Gasteiger partial charge >= 0.3 is 5.97 Å². The highest BCUT2D eigenvalue weighted by Gasteiger charge is 2.18. The van der Waals surface area contributed by atoms with Gasteiger partial charge in [-0.05, 0) is 49.9 Å². The first-order valence-electron chi connectivity index (χ1n) is 7.01. The van der Waals surface area contributed by atoms with Crippen LogP contribution in [0.1, 0.15) is 42.3 Å². The zero-order chi connectivity index (χ0) is 16.2. The summed E-state index contributed by atoms with van der Waals surface area (Å²) in [5.41, 5.74) is 1.63. The molecular formula is C16H23NO4. The van der Waals surface area contributed by atoms with Gasteiger partial charge in [-0.15, -0.1) is 0 Å². The number of hydrogen-bond acceptors (Lipinski definition) is 3. The number of carbonyl (C=O) groups excluding carboxylic acids is 1. The lowest BCUT2D eigenvalue weighted by Gasteiger charge is -2.19. The third kappa shape index (κ3) is 4.77. The van der Waals surface area contributed by atoms with E-state index in [0.29, 0.717) is 29.3 Å². The molecule has 0 aromatic heterocycles. The maximum absolute atomic E-state index is 11.9. The van der Waals surface area contributed by atoms with E-state index in [2.05, 4.69) is 5.32 Å². The summed E-state index contributed by atoms with van der Waals surface area (Å²) in [5, 5.41) is 11.8. The van der Waals surface area contributed by atoms with E-state index in [-0.39, 0.29) is 11.5 Å². The van der Waals surface area contributed by atoms with Gasteiger partial charge in [0.05, 0.1) is 5.56 Å². The Morgan fingerprint density at radius 2 is 1.71 bits per heavy atom. The van der Waals surface area contributed by atoms with Gasteiger partial charge in [0.1, 0.15) is 5.75 Å². The molecule has 1 rings (SSSR count). The van der Waals surface area contributed by atoms with Gasteiger partial charge in [-0.3, -0.25) is 4.79 Å². The molecule has 116 valence electrons. The quantitative estimate of drug-likeness (QED) is 0.845. The van der Waals surface area contributed by atoms with Gasteiger partial charge in [0.2, 0.25) is 0 Å². The molecule has 0 radical (unpaired) electrons. The van der Waals surface area contributed by atoms with Crippen molar-refractivity contribution in [2.75, 3.05) is 6.54 Å². The molecule has 0 saturated heterocycles. The smallest absolute Gasteiger partial charge is 0.335 e. The van der Waals surface area contributed by atoms with Gasteiger partial charge in [0.25, 0.3) is 5.91 Å². The lowest BCUT2D eigenvalue weighted by molar-refractivity contribution is -0.127. The van der Waals surface area contributed by atoms with Crippen molar-refractivity contribution >= 4 is 11.9 Å². The highest BCUT2D eigenvalue weighted by atomic mass is 16.5. The van der Waals surface area contributed by atoms with Crippen LogP contribution in [0.3, 0.4) is 0 Å². The Bertz CT molecular complexity index is 514. The zero-order valence-electron chi connectivity index (χ0n) is 13.2. The van der Waals surface area contributed by atoms with E-state index in [4.69, 9.17) is 9.84 Å². The molecule has 0 fully saturated rings. The van der Waals surface area contributed by atoms with Crippen LogP contribution in [0.25, 0.3) is 0 Å². The molecule has 1 amide bonds. The van der Waals surface area contributed by atoms with Crippen LogP contribution >= 0.6 is 0 Å². The van der Waals surface area contributed by atoms with Crippen molar-refractivity contribution in [1.82, 2.24) is 5.32 Å². The molecule has 0 saturated carbocycles. The van der Waals surface area contributed by atoms with E-state index in [1.807, 2.05) is 13.8 Å². The van der Waals surface area contributed by atoms with Crippen molar-refractivity contribution in [3.63, 3.8) is 0 Å². The van der Waals surface area contributed by atoms with Crippen molar-refractivity contribution in [3.05, 3.63) is 28.8 Å². The summed E-state index contributed by atoms with van der Waals surface area (Å²) in [7, 11) is 0. The highest BCUT2D eigenvalue weighted by Crippen LogP contribution is 2.26. The summed E-state index contributed by atoms with van der Waals surface area (Å²) >= 11 is 0. The number of aromatic carboxylic acids is 1. The summed E-state index contributed by atoms with van der Waals surface area (Å²) in [5.74, 6) is -0.216. The molecule has 0 spiro atoms. The van der Waals surface area contributed by atoms with E-state index >= 15 is 0 Å². The van der Waals surface area contributed by atoms with Crippen LogP contribution in [0.5, 0.6) is 5.75 Å². The second-order valence-electron chi connectivity index (χ2n) is 5.64. The predicted molar refractivity (Wildman–Crippen MR) is 80.8 cm³/mol. The van der Waals surface area contributed by atoms with Gasteiger partial charge in [-0.1, -0.05) is 13.8 Å². The molecule has 0 heterocycles. The van der Waals surface area contributed by atoms with E-state index in [1.165, 1.54) is 0 Å². The molecule has 21 heavy (non-hydrogen) atoms. The molecule has 0 aliphatic heterocycles. The average molecular weight is 293 g/mol. The number of hydrogen-bond donors (Lipinski definition) is 2. The molecule has 0 aliphatic carbocycles. The number of benzene rings is 1. The van der Waals surface area contributed by atoms with Crippen LogP contribution in [0, 0.1) is 19.8 Å². The Labute approximate surface area is 125 Å². The van der Waals surface area contributed by atoms with E-state index in [0.717, 1.165) is 0 Å². The van der Waals surface area contributed by atoms with Crippen molar-refractivity contribution in [2.24, 2.45) is 5.92 Å². The molecule has 5 heteroatoms. The lowest BCUT2D eigenvalue weighted by Crippen LogP contribution is -2.38. The second kappa shape index (κ2) is 7.11. The minimum Gasteiger partial charge on any atom is -0.480 e. The minimum atomic E-state index is -0.976. The summed E-state index contributed by atoms with van der Waals surface area (Å²) in [4.78, 5) is 22.9. The van der Waals surface area contributed by atoms with Gasteiger partial charge in [0.15, 0.2) is 6.10 Å². The van der Waals surface area contributed by atoms with Crippen LogP contribution in [0.4, 0.5) is 0 Å². The summed E-state index contributed by atoms with van der Waals surface area (Å²) < 4.78 is 5.70. The van der Waals surface area contributed by atoms with Crippen LogP contribution in [-0.2, 0) is 4.79 Å². The van der Waals surface area contributed by atoms with Gasteiger partial charge < -0.3 is 15.2 Å². The first kappa shape index (κ1) is 17.0. The number of carboxylic acid groups (broad SMARTS) is 1. The van der Waals surface area contributed by atoms with Gasteiger partial charge in [-0.25, -0.2) is 4.79 Å². The number of ether oxygens (including phenoxy) is 1. The number of carbonyl (C=O) groups is 2. The molecule has 5 nitrogen and oxygen atoms in total. The fourth-order valence-corrected chi connectivity index (χ4v) is 1.94. The first-order valence-corrected chi connectivity index (χ1v) is 7.01. The van der Waals surface area contributed by atoms with E-state index in [9.17, 15) is 9.59 Å². The Hall–Kier alpha value is -2.04. The average Bonchev–Trinajstić information content (AvgIpc) is 2.39. The fraction of sp³-hybridized carbons (Fsp3) is 0.500. The van der Waals surface area contributed by atoms with Crippen molar-refractivity contribution in [2.45, 2.75) is 40.7 Å². The third-order valence-corrected chi connectivity index (χ3v) is 3.06. The molecule has 0 bridgehead atoms. The highest BCUT2D eigenvalue weighted by molar-refractivity contribution is 5.88. The Morgan fingerprint density at radius 3 is 2.14 bits per heavy atom. The largest absolute Gasteiger partial charge is 0.480 e. The van der Waals surface area contributed by atoms with Gasteiger partial charge in [-0.2, -0.15) is 0 Å². The van der Waals surface area contributed by atoms with Gasteiger partial charge in [0, 0.05) is 6.54 Å². The zero-order valence-corrected chi connectivity index (χ0v) is 13.2. The monoisotopic (exact) mass is 293 g/mol. The van der Waals surface area contributed by atoms with Crippen molar-refractivity contribution in [1.29, 1.82) is 0 Å². The van der Waals surface area contributed by atoms with Crippen LogP contribution in [0.2, 0.25) is 0 Å². The molecule has 1 unspecified atom stereocenters. The Balaban J connectivity index is 2.83. The molecule has 1 aromatic carbocycles. The minimum absolute atomic E-state index is 0.176. The summed E-state index contributed by atoms with van der Waals surface area (Å²) in [6.45, 7) is 9.86. The van der Waals surface area contributed by atoms with Crippen molar-refractivity contribution < 1.29 is 19.4 Å². The Morgan fingerprint density at radius 1 is 1.19 bits per heavy atom. The number of rotatable bonds is 6. The number of aryl methyl sites for hydroxylation is 2. The fourth-order valence-electron chi connectivity index (χ4n) is 1.94. The molecule has 2 N–H and O–H groups in total. The lowest BCUT2D eigenvalue weighted by atomic mass is 10.1. The van der Waals surface area contributed by atoms with Crippen LogP contribution in [-0.4, -0.2) is 29.6 Å². The molecule has 0 aliphatic rings. The Kier molecular flexibility index (Phi) is 5.76. The topological polar surface area (TPSA) is 75.6 Å². The van der Waals surface area contributed by atoms with E-state index < -0.39 is 12.1 Å². The first-order chi connectivity index (χ1) is 9.72. The number of carboxylic acids is 1. The molecule has 1 aromatic rings. The number of nitrogens with one attached hydrogen (secondary N) is 1. The summed E-state index contributed by atoms with van der Waals surface area (Å²) in [6.07, 6.45) is -0.628. The third-order valence-electron chi connectivity index (χ3n) is 3.06. The number of amides is 1.